The fourth-order valence-corrected chi connectivity index (χ4v) is 4.87. The van der Waals surface area contributed by atoms with Crippen molar-refractivity contribution in [2.24, 2.45) is 5.92 Å². The first-order valence-corrected chi connectivity index (χ1v) is 8.45. The maximum absolute atomic E-state index is 12.1. The molecule has 1 aliphatic rings. The van der Waals surface area contributed by atoms with Gasteiger partial charge in [0.1, 0.15) is 4.21 Å². The van der Waals surface area contributed by atoms with E-state index in [-0.39, 0.29) is 12.0 Å². The Kier molecular flexibility index (Phi) is 4.11. The molecule has 0 saturated heterocycles. The number of hydrogen-bond acceptors (Lipinski definition) is 4. The average molecular weight is 289 g/mol. The summed E-state index contributed by atoms with van der Waals surface area (Å²) in [4.78, 5) is 1.02. The zero-order valence-electron chi connectivity index (χ0n) is 10.6. The Balaban J connectivity index is 2.03. The fourth-order valence-electron chi connectivity index (χ4n) is 2.21. The molecule has 0 amide bonds. The minimum Gasteiger partial charge on any atom is -0.393 e. The van der Waals surface area contributed by atoms with Crippen molar-refractivity contribution in [3.8, 4) is 0 Å². The number of aryl methyl sites for hydroxylation is 2. The third kappa shape index (κ3) is 2.93. The lowest BCUT2D eigenvalue weighted by molar-refractivity contribution is 0.134. The van der Waals surface area contributed by atoms with Gasteiger partial charge in [0, 0.05) is 11.4 Å². The van der Waals surface area contributed by atoms with Crippen molar-refractivity contribution < 1.29 is 13.5 Å². The van der Waals surface area contributed by atoms with E-state index in [9.17, 15) is 13.5 Å². The van der Waals surface area contributed by atoms with Crippen LogP contribution in [-0.2, 0) is 10.0 Å². The summed E-state index contributed by atoms with van der Waals surface area (Å²) in [5.74, 6) is 0.0573. The molecule has 0 radical (unpaired) electrons. The zero-order chi connectivity index (χ0) is 13.3. The van der Waals surface area contributed by atoms with Crippen LogP contribution < -0.4 is 4.72 Å². The van der Waals surface area contributed by atoms with Crippen LogP contribution in [0.1, 0.15) is 29.7 Å². The maximum Gasteiger partial charge on any atom is 0.250 e. The van der Waals surface area contributed by atoms with E-state index >= 15 is 0 Å². The molecule has 4 nitrogen and oxygen atoms in total. The number of nitrogens with one attached hydrogen (secondary N) is 1. The van der Waals surface area contributed by atoms with E-state index in [2.05, 4.69) is 4.72 Å². The summed E-state index contributed by atoms with van der Waals surface area (Å²) in [6.07, 6.45) is 2.29. The zero-order valence-corrected chi connectivity index (χ0v) is 12.3. The van der Waals surface area contributed by atoms with Gasteiger partial charge < -0.3 is 5.11 Å². The van der Waals surface area contributed by atoms with E-state index in [1.165, 1.54) is 11.3 Å². The molecule has 1 aromatic heterocycles. The van der Waals surface area contributed by atoms with Gasteiger partial charge in [0.05, 0.1) is 6.10 Å². The summed E-state index contributed by atoms with van der Waals surface area (Å²) in [6.45, 7) is 4.16. The second-order valence-corrected chi connectivity index (χ2v) is 8.16. The lowest BCUT2D eigenvalue weighted by Crippen LogP contribution is -2.32. The maximum atomic E-state index is 12.1. The van der Waals surface area contributed by atoms with Crippen molar-refractivity contribution in [2.75, 3.05) is 6.54 Å². The van der Waals surface area contributed by atoms with Crippen molar-refractivity contribution in [1.82, 2.24) is 4.72 Å². The Hall–Kier alpha value is -0.430. The Morgan fingerprint density at radius 2 is 2.17 bits per heavy atom. The van der Waals surface area contributed by atoms with E-state index in [0.29, 0.717) is 10.8 Å². The molecule has 0 bridgehead atoms. The molecule has 102 valence electrons. The summed E-state index contributed by atoms with van der Waals surface area (Å²) in [5.41, 5.74) is 1.00. The van der Waals surface area contributed by atoms with Crippen LogP contribution in [0.3, 0.4) is 0 Å². The Morgan fingerprint density at radius 1 is 1.44 bits per heavy atom. The van der Waals surface area contributed by atoms with E-state index in [0.717, 1.165) is 29.7 Å². The van der Waals surface area contributed by atoms with Crippen LogP contribution in [0.25, 0.3) is 0 Å². The van der Waals surface area contributed by atoms with Crippen LogP contribution in [0.5, 0.6) is 0 Å². The molecule has 2 rings (SSSR count). The van der Waals surface area contributed by atoms with Crippen molar-refractivity contribution in [2.45, 2.75) is 43.4 Å². The molecule has 1 fully saturated rings. The van der Waals surface area contributed by atoms with Crippen LogP contribution in [-0.4, -0.2) is 26.2 Å². The van der Waals surface area contributed by atoms with Gasteiger partial charge in [-0.1, -0.05) is 6.42 Å². The average Bonchev–Trinajstić information content (AvgIpc) is 2.84. The van der Waals surface area contributed by atoms with Crippen molar-refractivity contribution in [3.63, 3.8) is 0 Å². The second kappa shape index (κ2) is 5.28. The van der Waals surface area contributed by atoms with Crippen molar-refractivity contribution in [1.29, 1.82) is 0 Å². The highest BCUT2D eigenvalue weighted by Gasteiger charge is 2.27. The third-order valence-electron chi connectivity index (χ3n) is 3.56. The van der Waals surface area contributed by atoms with Gasteiger partial charge in [0.15, 0.2) is 0 Å². The topological polar surface area (TPSA) is 66.4 Å². The third-order valence-corrected chi connectivity index (χ3v) is 6.61. The van der Waals surface area contributed by atoms with E-state index in [4.69, 9.17) is 0 Å². The molecular weight excluding hydrogens is 270 g/mol. The number of aliphatic hydroxyl groups is 1. The smallest absolute Gasteiger partial charge is 0.250 e. The Labute approximate surface area is 112 Å². The first-order chi connectivity index (χ1) is 8.40. The number of rotatable bonds is 4. The van der Waals surface area contributed by atoms with Crippen molar-refractivity contribution in [3.05, 3.63) is 16.5 Å². The van der Waals surface area contributed by atoms with Crippen LogP contribution >= 0.6 is 11.3 Å². The minimum atomic E-state index is -3.42. The summed E-state index contributed by atoms with van der Waals surface area (Å²) in [7, 11) is -3.42. The lowest BCUT2D eigenvalue weighted by Gasteiger charge is -2.14. The predicted octanol–water partition coefficient (Wildman–Crippen LogP) is 1.80. The highest BCUT2D eigenvalue weighted by molar-refractivity contribution is 7.91. The van der Waals surface area contributed by atoms with E-state index in [1.807, 2.05) is 13.8 Å². The molecule has 6 heteroatoms. The SMILES string of the molecule is Cc1cc(S(=O)(=O)NCC2CCCC2O)sc1C. The summed E-state index contributed by atoms with van der Waals surface area (Å²) >= 11 is 1.29. The molecular formula is C12H19NO3S2. The van der Waals surface area contributed by atoms with Gasteiger partial charge in [-0.05, 0) is 44.2 Å². The van der Waals surface area contributed by atoms with Crippen LogP contribution in [0.4, 0.5) is 0 Å². The van der Waals surface area contributed by atoms with Gasteiger partial charge >= 0.3 is 0 Å². The van der Waals surface area contributed by atoms with Gasteiger partial charge in [-0.25, -0.2) is 13.1 Å². The Morgan fingerprint density at radius 3 is 2.67 bits per heavy atom. The number of sulfonamides is 1. The molecule has 2 unspecified atom stereocenters. The molecule has 1 aliphatic carbocycles. The number of thiophene rings is 1. The van der Waals surface area contributed by atoms with Gasteiger partial charge in [-0.2, -0.15) is 0 Å². The number of hydrogen-bond donors (Lipinski definition) is 2. The largest absolute Gasteiger partial charge is 0.393 e. The molecule has 0 spiro atoms. The van der Waals surface area contributed by atoms with Crippen molar-refractivity contribution >= 4 is 21.4 Å². The molecule has 2 N–H and O–H groups in total. The molecule has 1 aromatic rings. The summed E-state index contributed by atoms with van der Waals surface area (Å²) in [5, 5.41) is 9.67. The van der Waals surface area contributed by atoms with Gasteiger partial charge in [-0.15, -0.1) is 11.3 Å². The normalized spacial score (nSPS) is 24.6. The van der Waals surface area contributed by atoms with Crippen LogP contribution in [0, 0.1) is 19.8 Å². The molecule has 0 aliphatic heterocycles. The fraction of sp³-hybridized carbons (Fsp3) is 0.667. The van der Waals surface area contributed by atoms with Crippen LogP contribution in [0.2, 0.25) is 0 Å². The van der Waals surface area contributed by atoms with Gasteiger partial charge in [0.25, 0.3) is 0 Å². The Bertz CT molecular complexity index is 502. The highest BCUT2D eigenvalue weighted by Crippen LogP contribution is 2.27. The summed E-state index contributed by atoms with van der Waals surface area (Å²) < 4.78 is 27.1. The van der Waals surface area contributed by atoms with E-state index < -0.39 is 10.0 Å². The first-order valence-electron chi connectivity index (χ1n) is 6.15. The van der Waals surface area contributed by atoms with Gasteiger partial charge in [-0.3, -0.25) is 0 Å². The minimum absolute atomic E-state index is 0.0573. The predicted molar refractivity (Wildman–Crippen MR) is 72.3 cm³/mol. The molecule has 1 saturated carbocycles. The van der Waals surface area contributed by atoms with E-state index in [1.54, 1.807) is 6.07 Å². The molecule has 2 atom stereocenters. The molecule has 18 heavy (non-hydrogen) atoms. The number of aliphatic hydroxyl groups excluding tert-OH is 1. The lowest BCUT2D eigenvalue weighted by atomic mass is 10.1. The monoisotopic (exact) mass is 289 g/mol. The standard InChI is InChI=1S/C12H19NO3S2/c1-8-6-12(17-9(8)2)18(15,16)13-7-10-4-3-5-11(10)14/h6,10-11,13-14H,3-5,7H2,1-2H3. The van der Waals surface area contributed by atoms with Gasteiger partial charge in [0.2, 0.25) is 10.0 Å². The quantitative estimate of drug-likeness (QED) is 0.888. The second-order valence-electron chi connectivity index (χ2n) is 4.91. The molecule has 1 heterocycles. The molecule has 0 aromatic carbocycles. The highest BCUT2D eigenvalue weighted by atomic mass is 32.2. The first kappa shape index (κ1) is 14.0. The van der Waals surface area contributed by atoms with Crippen LogP contribution in [0.15, 0.2) is 10.3 Å². The summed E-state index contributed by atoms with van der Waals surface area (Å²) in [6, 6.07) is 1.70.